The molecule has 0 saturated carbocycles. The maximum atomic E-state index is 12.6. The van der Waals surface area contributed by atoms with Crippen LogP contribution >= 0.6 is 0 Å². The van der Waals surface area contributed by atoms with Crippen molar-refractivity contribution in [3.8, 4) is 0 Å². The van der Waals surface area contributed by atoms with Crippen LogP contribution in [-0.4, -0.2) is 37.1 Å². The van der Waals surface area contributed by atoms with Crippen molar-refractivity contribution in [2.24, 2.45) is 5.92 Å². The summed E-state index contributed by atoms with van der Waals surface area (Å²) < 4.78 is 5.16. The first kappa shape index (κ1) is 16.0. The van der Waals surface area contributed by atoms with Crippen molar-refractivity contribution in [1.82, 2.24) is 10.2 Å². The summed E-state index contributed by atoms with van der Waals surface area (Å²) in [6.45, 7) is 9.51. The van der Waals surface area contributed by atoms with E-state index in [0.717, 1.165) is 0 Å². The van der Waals surface area contributed by atoms with E-state index in [-0.39, 0.29) is 24.0 Å². The fraction of sp³-hybridized carbons (Fsp3) is 0.588. The zero-order valence-corrected chi connectivity index (χ0v) is 13.6. The van der Waals surface area contributed by atoms with Crippen molar-refractivity contribution < 1.29 is 9.53 Å². The maximum Gasteiger partial charge on any atom is 0.241 e. The highest BCUT2D eigenvalue weighted by atomic mass is 16.5. The fourth-order valence-corrected chi connectivity index (χ4v) is 2.86. The van der Waals surface area contributed by atoms with Gasteiger partial charge in [0.05, 0.1) is 12.6 Å². The lowest BCUT2D eigenvalue weighted by Gasteiger charge is -2.25. The molecular weight excluding hydrogens is 264 g/mol. The Kier molecular flexibility index (Phi) is 5.01. The molecule has 1 fully saturated rings. The number of hydrogen-bond donors (Lipinski definition) is 1. The van der Waals surface area contributed by atoms with Crippen molar-refractivity contribution in [3.63, 3.8) is 0 Å². The van der Waals surface area contributed by atoms with Gasteiger partial charge in [-0.3, -0.25) is 10.1 Å². The summed E-state index contributed by atoms with van der Waals surface area (Å²) in [6.07, 6.45) is -0.0556. The van der Waals surface area contributed by atoms with Gasteiger partial charge in [-0.25, -0.2) is 0 Å². The smallest absolute Gasteiger partial charge is 0.241 e. The van der Waals surface area contributed by atoms with Crippen LogP contribution in [0.2, 0.25) is 0 Å². The monoisotopic (exact) mass is 290 g/mol. The Balaban J connectivity index is 2.34. The van der Waals surface area contributed by atoms with Gasteiger partial charge in [0.25, 0.3) is 0 Å². The normalized spacial score (nSPS) is 22.4. The topological polar surface area (TPSA) is 41.6 Å². The van der Waals surface area contributed by atoms with E-state index in [1.807, 2.05) is 4.90 Å². The second-order valence-electron chi connectivity index (χ2n) is 6.18. The van der Waals surface area contributed by atoms with Crippen LogP contribution in [0.4, 0.5) is 0 Å². The zero-order valence-electron chi connectivity index (χ0n) is 13.6. The summed E-state index contributed by atoms with van der Waals surface area (Å²) >= 11 is 0. The van der Waals surface area contributed by atoms with Crippen molar-refractivity contribution in [1.29, 1.82) is 0 Å². The molecule has 1 amide bonds. The minimum atomic E-state index is -0.119. The van der Waals surface area contributed by atoms with Gasteiger partial charge in [-0.2, -0.15) is 0 Å². The van der Waals surface area contributed by atoms with E-state index in [1.165, 1.54) is 16.7 Å². The molecule has 0 spiro atoms. The quantitative estimate of drug-likeness (QED) is 0.905. The van der Waals surface area contributed by atoms with Gasteiger partial charge in [0.1, 0.15) is 6.17 Å². The molecule has 2 unspecified atom stereocenters. The van der Waals surface area contributed by atoms with E-state index in [2.05, 4.69) is 51.2 Å². The van der Waals surface area contributed by atoms with E-state index in [9.17, 15) is 4.79 Å². The Morgan fingerprint density at radius 3 is 2.67 bits per heavy atom. The molecule has 0 bridgehead atoms. The number of aryl methyl sites for hydroxylation is 2. The van der Waals surface area contributed by atoms with Crippen LogP contribution in [0, 0.1) is 19.8 Å². The van der Waals surface area contributed by atoms with Gasteiger partial charge in [0.15, 0.2) is 0 Å². The van der Waals surface area contributed by atoms with Gasteiger partial charge >= 0.3 is 0 Å². The predicted octanol–water partition coefficient (Wildman–Crippen LogP) is 2.40. The Labute approximate surface area is 127 Å². The van der Waals surface area contributed by atoms with E-state index >= 15 is 0 Å². The summed E-state index contributed by atoms with van der Waals surface area (Å²) in [6, 6.07) is 6.28. The maximum absolute atomic E-state index is 12.6. The first-order valence-electron chi connectivity index (χ1n) is 7.58. The Hall–Kier alpha value is -1.39. The predicted molar refractivity (Wildman–Crippen MR) is 84.0 cm³/mol. The number of nitrogens with one attached hydrogen (secondary N) is 1. The Morgan fingerprint density at radius 1 is 1.33 bits per heavy atom. The van der Waals surface area contributed by atoms with Gasteiger partial charge in [-0.05, 0) is 30.9 Å². The summed E-state index contributed by atoms with van der Waals surface area (Å²) in [5.74, 6) is 0.450. The zero-order chi connectivity index (χ0) is 15.6. The number of benzene rings is 1. The molecule has 2 rings (SSSR count). The van der Waals surface area contributed by atoms with Crippen LogP contribution in [0.15, 0.2) is 18.2 Å². The molecule has 1 aliphatic heterocycles. The third-order valence-electron chi connectivity index (χ3n) is 4.13. The molecule has 2 atom stereocenters. The molecule has 116 valence electrons. The average Bonchev–Trinajstić information content (AvgIpc) is 2.76. The molecule has 0 radical (unpaired) electrons. The molecule has 1 N–H and O–H groups in total. The number of carbonyl (C=O) groups is 1. The average molecular weight is 290 g/mol. The molecule has 0 aliphatic carbocycles. The first-order valence-corrected chi connectivity index (χ1v) is 7.58. The molecule has 4 nitrogen and oxygen atoms in total. The third-order valence-corrected chi connectivity index (χ3v) is 4.13. The standard InChI is InChI=1S/C17H26N2O2/c1-11(2)15-17(20)19(8-9-21-5)16(18-15)14-10-12(3)6-7-13(14)4/h6-7,10-11,15-16,18H,8-9H2,1-5H3. The second kappa shape index (κ2) is 6.58. The molecular formula is C17H26N2O2. The highest BCUT2D eigenvalue weighted by molar-refractivity contribution is 5.85. The Morgan fingerprint density at radius 2 is 2.05 bits per heavy atom. The number of nitrogens with zero attached hydrogens (tertiary/aromatic N) is 1. The highest BCUT2D eigenvalue weighted by Crippen LogP contribution is 2.30. The summed E-state index contributed by atoms with van der Waals surface area (Å²) in [7, 11) is 1.67. The van der Waals surface area contributed by atoms with E-state index in [0.29, 0.717) is 13.2 Å². The van der Waals surface area contributed by atoms with Crippen LogP contribution in [0.5, 0.6) is 0 Å². The van der Waals surface area contributed by atoms with Gasteiger partial charge in [-0.15, -0.1) is 0 Å². The van der Waals surface area contributed by atoms with Crippen molar-refractivity contribution in [3.05, 3.63) is 34.9 Å². The van der Waals surface area contributed by atoms with Crippen molar-refractivity contribution >= 4 is 5.91 Å². The third kappa shape index (κ3) is 3.27. The number of ether oxygens (including phenoxy) is 1. The van der Waals surface area contributed by atoms with E-state index < -0.39 is 0 Å². The molecule has 1 heterocycles. The van der Waals surface area contributed by atoms with Gasteiger partial charge in [0.2, 0.25) is 5.91 Å². The molecule has 1 aliphatic rings. The summed E-state index contributed by atoms with van der Waals surface area (Å²) in [5.41, 5.74) is 3.60. The van der Waals surface area contributed by atoms with E-state index in [1.54, 1.807) is 7.11 Å². The number of amides is 1. The second-order valence-corrected chi connectivity index (χ2v) is 6.18. The largest absolute Gasteiger partial charge is 0.383 e. The number of carbonyl (C=O) groups excluding carboxylic acids is 1. The number of methoxy groups -OCH3 is 1. The van der Waals surface area contributed by atoms with Crippen LogP contribution in [0.1, 0.15) is 36.7 Å². The van der Waals surface area contributed by atoms with Gasteiger partial charge in [-0.1, -0.05) is 37.6 Å². The lowest BCUT2D eigenvalue weighted by atomic mass is 10.0. The van der Waals surface area contributed by atoms with E-state index in [4.69, 9.17) is 4.74 Å². The van der Waals surface area contributed by atoms with Crippen molar-refractivity contribution in [2.75, 3.05) is 20.3 Å². The molecule has 0 aromatic heterocycles. The van der Waals surface area contributed by atoms with Crippen LogP contribution in [-0.2, 0) is 9.53 Å². The lowest BCUT2D eigenvalue weighted by Crippen LogP contribution is -2.35. The molecule has 21 heavy (non-hydrogen) atoms. The SMILES string of the molecule is COCCN1C(=O)C(C(C)C)NC1c1cc(C)ccc1C. The van der Waals surface area contributed by atoms with Crippen LogP contribution in [0.25, 0.3) is 0 Å². The summed E-state index contributed by atoms with van der Waals surface area (Å²) in [4.78, 5) is 14.6. The minimum Gasteiger partial charge on any atom is -0.383 e. The highest BCUT2D eigenvalue weighted by Gasteiger charge is 2.41. The molecule has 1 aromatic rings. The number of rotatable bonds is 5. The molecule has 1 aromatic carbocycles. The van der Waals surface area contributed by atoms with Gasteiger partial charge in [0, 0.05) is 13.7 Å². The number of hydrogen-bond acceptors (Lipinski definition) is 3. The van der Waals surface area contributed by atoms with Crippen LogP contribution in [0.3, 0.4) is 0 Å². The summed E-state index contributed by atoms with van der Waals surface area (Å²) in [5, 5.41) is 3.50. The lowest BCUT2D eigenvalue weighted by molar-refractivity contribution is -0.131. The molecule has 1 saturated heterocycles. The molecule has 4 heteroatoms. The minimum absolute atomic E-state index is 0.0556. The van der Waals surface area contributed by atoms with Gasteiger partial charge < -0.3 is 9.64 Å². The first-order chi connectivity index (χ1) is 9.95. The Bertz CT molecular complexity index is 514. The van der Waals surface area contributed by atoms with Crippen molar-refractivity contribution in [2.45, 2.75) is 39.9 Å². The van der Waals surface area contributed by atoms with Crippen LogP contribution < -0.4 is 5.32 Å². The fourth-order valence-electron chi connectivity index (χ4n) is 2.86.